The quantitative estimate of drug-likeness (QED) is 0.850. The van der Waals surface area contributed by atoms with Crippen LogP contribution < -0.4 is 4.90 Å². The van der Waals surface area contributed by atoms with Crippen molar-refractivity contribution in [2.24, 2.45) is 0 Å². The predicted octanol–water partition coefficient (Wildman–Crippen LogP) is 0.683. The number of carbonyl (C=O) groups is 2. The van der Waals surface area contributed by atoms with Crippen molar-refractivity contribution in [3.63, 3.8) is 0 Å². The molecule has 0 aliphatic carbocycles. The molecule has 7 nitrogen and oxygen atoms in total. The number of carbonyl (C=O) groups excluding carboxylic acids is 1. The molecular formula is C7H6F3N3O4. The average molecular weight is 253 g/mol. The van der Waals surface area contributed by atoms with E-state index in [0.29, 0.717) is 0 Å². The van der Waals surface area contributed by atoms with E-state index in [2.05, 4.69) is 14.6 Å². The number of aromatic nitrogens is 2. The van der Waals surface area contributed by atoms with Crippen LogP contribution in [0.4, 0.5) is 19.2 Å². The second-order valence-electron chi connectivity index (χ2n) is 2.74. The third-order valence-electron chi connectivity index (χ3n) is 1.63. The Labute approximate surface area is 91.8 Å². The largest absolute Gasteiger partial charge is 0.474 e. The van der Waals surface area contributed by atoms with Crippen LogP contribution >= 0.6 is 0 Å². The SMILES string of the molecule is CCN(C(=O)C(F)(F)F)c1nnc(C(=O)O)o1. The van der Waals surface area contributed by atoms with E-state index in [1.807, 2.05) is 0 Å². The fourth-order valence-electron chi connectivity index (χ4n) is 0.930. The molecule has 17 heavy (non-hydrogen) atoms. The monoisotopic (exact) mass is 253 g/mol. The van der Waals surface area contributed by atoms with Crippen molar-refractivity contribution in [1.82, 2.24) is 10.2 Å². The number of alkyl halides is 3. The Bertz CT molecular complexity index is 442. The molecule has 0 saturated carbocycles. The molecule has 1 N–H and O–H groups in total. The van der Waals surface area contributed by atoms with E-state index in [4.69, 9.17) is 5.11 Å². The minimum atomic E-state index is -5.10. The average Bonchev–Trinajstić information content (AvgIpc) is 2.66. The highest BCUT2D eigenvalue weighted by atomic mass is 19.4. The van der Waals surface area contributed by atoms with Crippen LogP contribution in [0.3, 0.4) is 0 Å². The molecule has 0 unspecified atom stereocenters. The molecule has 10 heteroatoms. The molecule has 0 radical (unpaired) electrons. The summed E-state index contributed by atoms with van der Waals surface area (Å²) in [5.41, 5.74) is 0. The fraction of sp³-hybridized carbons (Fsp3) is 0.429. The van der Waals surface area contributed by atoms with Gasteiger partial charge in [-0.25, -0.2) is 4.79 Å². The Hall–Kier alpha value is -2.13. The second-order valence-corrected chi connectivity index (χ2v) is 2.74. The minimum Gasteiger partial charge on any atom is -0.474 e. The molecule has 0 spiro atoms. The lowest BCUT2D eigenvalue weighted by atomic mass is 10.5. The van der Waals surface area contributed by atoms with E-state index in [0.717, 1.165) is 0 Å². The lowest BCUT2D eigenvalue weighted by molar-refractivity contribution is -0.170. The third kappa shape index (κ3) is 2.71. The van der Waals surface area contributed by atoms with Gasteiger partial charge in [0, 0.05) is 6.54 Å². The van der Waals surface area contributed by atoms with Gasteiger partial charge in [0.25, 0.3) is 0 Å². The summed E-state index contributed by atoms with van der Waals surface area (Å²) in [6, 6.07) is -0.813. The minimum absolute atomic E-state index is 0.138. The maximum atomic E-state index is 12.1. The zero-order chi connectivity index (χ0) is 13.2. The number of hydrogen-bond acceptors (Lipinski definition) is 5. The summed E-state index contributed by atoms with van der Waals surface area (Å²) >= 11 is 0. The van der Waals surface area contributed by atoms with Gasteiger partial charge in [0.2, 0.25) is 0 Å². The van der Waals surface area contributed by atoms with Crippen LogP contribution in [0, 0.1) is 0 Å². The fourth-order valence-corrected chi connectivity index (χ4v) is 0.930. The molecule has 0 saturated heterocycles. The topological polar surface area (TPSA) is 96.5 Å². The first-order valence-electron chi connectivity index (χ1n) is 4.22. The maximum absolute atomic E-state index is 12.1. The van der Waals surface area contributed by atoms with Gasteiger partial charge < -0.3 is 9.52 Å². The summed E-state index contributed by atoms with van der Waals surface area (Å²) in [5.74, 6) is -4.70. The molecule has 0 aliphatic heterocycles. The normalized spacial score (nSPS) is 11.3. The zero-order valence-corrected chi connectivity index (χ0v) is 8.35. The molecule has 0 atom stereocenters. The Morgan fingerprint density at radius 1 is 1.41 bits per heavy atom. The Balaban J connectivity index is 3.02. The number of carboxylic acid groups (broad SMARTS) is 1. The van der Waals surface area contributed by atoms with Gasteiger partial charge >= 0.3 is 30.0 Å². The molecule has 1 aromatic rings. The van der Waals surface area contributed by atoms with E-state index in [1.165, 1.54) is 6.92 Å². The number of rotatable bonds is 3. The van der Waals surface area contributed by atoms with Gasteiger partial charge in [-0.1, -0.05) is 10.2 Å². The van der Waals surface area contributed by atoms with Crippen LogP contribution in [-0.4, -0.2) is 39.9 Å². The molecule has 0 bridgehead atoms. The summed E-state index contributed by atoms with van der Waals surface area (Å²) < 4.78 is 40.8. The van der Waals surface area contributed by atoms with Crippen LogP contribution in [0.1, 0.15) is 17.6 Å². The van der Waals surface area contributed by atoms with Crippen LogP contribution in [0.15, 0.2) is 4.42 Å². The van der Waals surface area contributed by atoms with E-state index >= 15 is 0 Å². The number of nitrogens with zero attached hydrogens (tertiary/aromatic N) is 3. The van der Waals surface area contributed by atoms with Crippen molar-refractivity contribution in [3.8, 4) is 0 Å². The van der Waals surface area contributed by atoms with Crippen molar-refractivity contribution >= 4 is 17.9 Å². The van der Waals surface area contributed by atoms with Gasteiger partial charge in [0.1, 0.15) is 0 Å². The first-order valence-corrected chi connectivity index (χ1v) is 4.22. The lowest BCUT2D eigenvalue weighted by Gasteiger charge is -2.16. The maximum Gasteiger partial charge on any atom is 0.471 e. The van der Waals surface area contributed by atoms with Gasteiger partial charge in [-0.05, 0) is 6.92 Å². The van der Waals surface area contributed by atoms with Crippen molar-refractivity contribution in [3.05, 3.63) is 5.89 Å². The zero-order valence-electron chi connectivity index (χ0n) is 8.35. The van der Waals surface area contributed by atoms with Gasteiger partial charge in [0.15, 0.2) is 0 Å². The van der Waals surface area contributed by atoms with E-state index in [1.54, 1.807) is 0 Å². The van der Waals surface area contributed by atoms with Crippen LogP contribution in [0.5, 0.6) is 0 Å². The lowest BCUT2D eigenvalue weighted by Crippen LogP contribution is -2.41. The number of anilines is 1. The molecule has 0 aromatic carbocycles. The van der Waals surface area contributed by atoms with Crippen molar-refractivity contribution in [2.45, 2.75) is 13.1 Å². The molecule has 1 amide bonds. The van der Waals surface area contributed by atoms with Crippen LogP contribution in [-0.2, 0) is 4.79 Å². The van der Waals surface area contributed by atoms with Crippen molar-refractivity contribution < 1.29 is 32.3 Å². The summed E-state index contributed by atoms with van der Waals surface area (Å²) in [5, 5.41) is 14.5. The van der Waals surface area contributed by atoms with Crippen LogP contribution in [0.2, 0.25) is 0 Å². The molecule has 1 rings (SSSR count). The summed E-state index contributed by atoms with van der Waals surface area (Å²) in [4.78, 5) is 21.4. The third-order valence-corrected chi connectivity index (χ3v) is 1.63. The highest BCUT2D eigenvalue weighted by Crippen LogP contribution is 2.22. The first-order chi connectivity index (χ1) is 7.77. The van der Waals surface area contributed by atoms with Gasteiger partial charge in [0.05, 0.1) is 0 Å². The van der Waals surface area contributed by atoms with E-state index in [9.17, 15) is 22.8 Å². The molecular weight excluding hydrogens is 247 g/mol. The van der Waals surface area contributed by atoms with Gasteiger partial charge in [-0.15, -0.1) is 0 Å². The summed E-state index contributed by atoms with van der Waals surface area (Å²) in [6.07, 6.45) is -5.10. The standard InChI is InChI=1S/C7H6F3N3O4/c1-2-13(5(16)7(8,9)10)6-12-11-3(17-6)4(14)15/h2H2,1H3,(H,14,15). The van der Waals surface area contributed by atoms with Crippen molar-refractivity contribution in [2.75, 3.05) is 11.4 Å². The number of amides is 1. The Morgan fingerprint density at radius 2 is 2.00 bits per heavy atom. The van der Waals surface area contributed by atoms with E-state index < -0.39 is 30.0 Å². The molecule has 1 heterocycles. The highest BCUT2D eigenvalue weighted by molar-refractivity contribution is 5.95. The number of carboxylic acids is 1. The number of halogens is 3. The Kier molecular flexibility index (Phi) is 3.34. The highest BCUT2D eigenvalue weighted by Gasteiger charge is 2.44. The van der Waals surface area contributed by atoms with Crippen LogP contribution in [0.25, 0.3) is 0 Å². The molecule has 0 fully saturated rings. The number of aromatic carboxylic acids is 1. The predicted molar refractivity (Wildman–Crippen MR) is 45.3 cm³/mol. The molecule has 0 aliphatic rings. The van der Waals surface area contributed by atoms with E-state index in [-0.39, 0.29) is 11.4 Å². The summed E-state index contributed by atoms with van der Waals surface area (Å²) in [6.45, 7) is 0.855. The number of hydrogen-bond donors (Lipinski definition) is 1. The molecule has 94 valence electrons. The second kappa shape index (κ2) is 4.39. The van der Waals surface area contributed by atoms with Gasteiger partial charge in [-0.2, -0.15) is 13.2 Å². The van der Waals surface area contributed by atoms with Crippen molar-refractivity contribution in [1.29, 1.82) is 0 Å². The Morgan fingerprint density at radius 3 is 2.35 bits per heavy atom. The summed E-state index contributed by atoms with van der Waals surface area (Å²) in [7, 11) is 0. The van der Waals surface area contributed by atoms with Gasteiger partial charge in [-0.3, -0.25) is 9.69 Å². The molecule has 1 aromatic heterocycles. The first kappa shape index (κ1) is 12.9. The smallest absolute Gasteiger partial charge is 0.471 e.